The van der Waals surface area contributed by atoms with Crippen LogP contribution in [0.5, 0.6) is 0 Å². The molecule has 0 rings (SSSR count). The minimum absolute atomic E-state index is 0.314. The Hall–Kier alpha value is -0.610. The third kappa shape index (κ3) is 9.69. The van der Waals surface area contributed by atoms with Crippen molar-refractivity contribution in [3.05, 3.63) is 0 Å². The molecule has 15 heavy (non-hydrogen) atoms. The standard InChI is InChI=1S/C8H17FNO4P/c1-8(2,3)14-7(11)10-4-6(9)5-15(12)13/h6,15H,4-5H2,1-3H3,(H,10,11)(H,12,13). The highest BCUT2D eigenvalue weighted by molar-refractivity contribution is 7.38. The lowest BCUT2D eigenvalue weighted by Gasteiger charge is -2.20. The fraction of sp³-hybridized carbons (Fsp3) is 0.875. The zero-order chi connectivity index (χ0) is 12.1. The van der Waals surface area contributed by atoms with Crippen LogP contribution in [0.1, 0.15) is 20.8 Å². The van der Waals surface area contributed by atoms with Crippen LogP contribution in [0.25, 0.3) is 0 Å². The van der Waals surface area contributed by atoms with Crippen molar-refractivity contribution < 1.29 is 23.4 Å². The average molecular weight is 241 g/mol. The maximum Gasteiger partial charge on any atom is 0.407 e. The van der Waals surface area contributed by atoms with Crippen molar-refractivity contribution in [3.63, 3.8) is 0 Å². The van der Waals surface area contributed by atoms with E-state index in [1.165, 1.54) is 0 Å². The van der Waals surface area contributed by atoms with Crippen molar-refractivity contribution in [2.24, 2.45) is 0 Å². The summed E-state index contributed by atoms with van der Waals surface area (Å²) in [6, 6.07) is 0. The summed E-state index contributed by atoms with van der Waals surface area (Å²) in [6.45, 7) is 4.75. The Labute approximate surface area is 88.9 Å². The SMILES string of the molecule is CC(C)(C)OC(=O)NCC(F)C[PH](=O)O. The van der Waals surface area contributed by atoms with Crippen molar-refractivity contribution in [2.75, 3.05) is 12.7 Å². The van der Waals surface area contributed by atoms with Gasteiger partial charge in [0.15, 0.2) is 8.03 Å². The fourth-order valence-electron chi connectivity index (χ4n) is 0.770. The quantitative estimate of drug-likeness (QED) is 0.728. The van der Waals surface area contributed by atoms with E-state index >= 15 is 0 Å². The van der Waals surface area contributed by atoms with Crippen LogP contribution < -0.4 is 5.32 Å². The summed E-state index contributed by atoms with van der Waals surface area (Å²) >= 11 is 0. The van der Waals surface area contributed by atoms with E-state index in [4.69, 9.17) is 9.63 Å². The van der Waals surface area contributed by atoms with Crippen molar-refractivity contribution in [1.29, 1.82) is 0 Å². The fourth-order valence-corrected chi connectivity index (χ4v) is 1.29. The first-order valence-corrected chi connectivity index (χ1v) is 6.09. The zero-order valence-electron chi connectivity index (χ0n) is 9.04. The number of carbonyl (C=O) groups is 1. The van der Waals surface area contributed by atoms with E-state index in [1.807, 2.05) is 0 Å². The minimum atomic E-state index is -2.83. The highest BCUT2D eigenvalue weighted by atomic mass is 31.1. The van der Waals surface area contributed by atoms with Gasteiger partial charge >= 0.3 is 6.09 Å². The first-order chi connectivity index (χ1) is 6.70. The molecule has 5 nitrogen and oxygen atoms in total. The Morgan fingerprint density at radius 3 is 2.53 bits per heavy atom. The lowest BCUT2D eigenvalue weighted by molar-refractivity contribution is 0.0515. The zero-order valence-corrected chi connectivity index (χ0v) is 10.0. The molecule has 0 aromatic heterocycles. The normalized spacial score (nSPS) is 15.5. The number of alkyl carbamates (subject to hydrolysis) is 1. The molecule has 0 saturated heterocycles. The van der Waals surface area contributed by atoms with E-state index in [9.17, 15) is 13.8 Å². The van der Waals surface area contributed by atoms with Gasteiger partial charge in [0.2, 0.25) is 0 Å². The number of hydrogen-bond donors (Lipinski definition) is 2. The molecule has 0 spiro atoms. The summed E-state index contributed by atoms with van der Waals surface area (Å²) in [4.78, 5) is 19.5. The van der Waals surface area contributed by atoms with Crippen LogP contribution in [-0.2, 0) is 9.30 Å². The molecule has 0 aliphatic heterocycles. The molecule has 2 unspecified atom stereocenters. The molecule has 0 bridgehead atoms. The third-order valence-corrected chi connectivity index (χ3v) is 2.06. The number of nitrogens with one attached hydrogen (secondary N) is 1. The molecule has 90 valence electrons. The minimum Gasteiger partial charge on any atom is -0.444 e. The van der Waals surface area contributed by atoms with Crippen LogP contribution in [0, 0.1) is 0 Å². The summed E-state index contributed by atoms with van der Waals surface area (Å²) in [6.07, 6.45) is -2.70. The highest BCUT2D eigenvalue weighted by Gasteiger charge is 2.17. The molecule has 0 fully saturated rings. The predicted molar refractivity (Wildman–Crippen MR) is 55.2 cm³/mol. The lowest BCUT2D eigenvalue weighted by Crippen LogP contribution is -2.36. The first kappa shape index (κ1) is 14.4. The molecule has 7 heteroatoms. The topological polar surface area (TPSA) is 75.6 Å². The van der Waals surface area contributed by atoms with Gasteiger partial charge in [-0.2, -0.15) is 0 Å². The molecule has 0 aromatic carbocycles. The number of hydrogen-bond acceptors (Lipinski definition) is 3. The van der Waals surface area contributed by atoms with Gasteiger partial charge in [-0.15, -0.1) is 0 Å². The van der Waals surface area contributed by atoms with Crippen molar-refractivity contribution in [1.82, 2.24) is 5.32 Å². The van der Waals surface area contributed by atoms with Gasteiger partial charge in [-0.05, 0) is 20.8 Å². The number of carbonyl (C=O) groups excluding carboxylic acids is 1. The third-order valence-electron chi connectivity index (χ3n) is 1.26. The summed E-state index contributed by atoms with van der Waals surface area (Å²) in [5, 5.41) is 2.17. The number of halogens is 1. The van der Waals surface area contributed by atoms with Gasteiger partial charge in [-0.25, -0.2) is 9.18 Å². The molecule has 1 amide bonds. The van der Waals surface area contributed by atoms with E-state index in [-0.39, 0.29) is 6.54 Å². The van der Waals surface area contributed by atoms with Crippen LogP contribution in [0.2, 0.25) is 0 Å². The number of rotatable bonds is 4. The summed E-state index contributed by atoms with van der Waals surface area (Å²) < 4.78 is 28.0. The molecule has 0 radical (unpaired) electrons. The predicted octanol–water partition coefficient (Wildman–Crippen LogP) is 1.32. The van der Waals surface area contributed by atoms with Gasteiger partial charge in [0.05, 0.1) is 12.7 Å². The molecular formula is C8H17FNO4P. The van der Waals surface area contributed by atoms with Gasteiger partial charge in [-0.3, -0.25) is 4.57 Å². The Morgan fingerprint density at radius 1 is 1.60 bits per heavy atom. The summed E-state index contributed by atoms with van der Waals surface area (Å²) in [5.41, 5.74) is -0.639. The van der Waals surface area contributed by atoms with Crippen LogP contribution in [-0.4, -0.2) is 35.5 Å². The monoisotopic (exact) mass is 241 g/mol. The summed E-state index contributed by atoms with van der Waals surface area (Å²) in [5.74, 6) is 0. The number of amides is 1. The van der Waals surface area contributed by atoms with E-state index in [2.05, 4.69) is 5.32 Å². The summed E-state index contributed by atoms with van der Waals surface area (Å²) in [7, 11) is -2.83. The molecule has 2 N–H and O–H groups in total. The van der Waals surface area contributed by atoms with E-state index < -0.39 is 32.1 Å². The molecule has 0 saturated carbocycles. The maximum absolute atomic E-state index is 12.8. The lowest BCUT2D eigenvalue weighted by atomic mass is 10.2. The number of ether oxygens (including phenoxy) is 1. The molecule has 2 atom stereocenters. The first-order valence-electron chi connectivity index (χ1n) is 4.53. The average Bonchev–Trinajstić information content (AvgIpc) is 1.96. The highest BCUT2D eigenvalue weighted by Crippen LogP contribution is 2.15. The largest absolute Gasteiger partial charge is 0.444 e. The van der Waals surface area contributed by atoms with Crippen LogP contribution in [0.15, 0.2) is 0 Å². The van der Waals surface area contributed by atoms with E-state index in [1.54, 1.807) is 20.8 Å². The van der Waals surface area contributed by atoms with Crippen molar-refractivity contribution in [2.45, 2.75) is 32.5 Å². The van der Waals surface area contributed by atoms with E-state index in [0.717, 1.165) is 0 Å². The van der Waals surface area contributed by atoms with Gasteiger partial charge in [-0.1, -0.05) is 0 Å². The van der Waals surface area contributed by atoms with Gasteiger partial charge in [0, 0.05) is 0 Å². The maximum atomic E-state index is 12.8. The van der Waals surface area contributed by atoms with Crippen molar-refractivity contribution in [3.8, 4) is 0 Å². The Bertz CT molecular complexity index is 241. The smallest absolute Gasteiger partial charge is 0.407 e. The van der Waals surface area contributed by atoms with E-state index in [0.29, 0.717) is 0 Å². The van der Waals surface area contributed by atoms with Crippen molar-refractivity contribution >= 4 is 14.1 Å². The molecule has 0 aromatic rings. The Balaban J connectivity index is 3.76. The second-order valence-electron chi connectivity index (χ2n) is 4.08. The van der Waals surface area contributed by atoms with Crippen LogP contribution in [0.3, 0.4) is 0 Å². The second kappa shape index (κ2) is 6.08. The number of alkyl halides is 1. The van der Waals surface area contributed by atoms with Crippen LogP contribution in [0.4, 0.5) is 9.18 Å². The van der Waals surface area contributed by atoms with Gasteiger partial charge in [0.1, 0.15) is 11.8 Å². The van der Waals surface area contributed by atoms with Crippen LogP contribution >= 0.6 is 8.03 Å². The molecular weight excluding hydrogens is 224 g/mol. The van der Waals surface area contributed by atoms with Gasteiger partial charge in [0.25, 0.3) is 0 Å². The molecule has 0 heterocycles. The Kier molecular flexibility index (Phi) is 5.83. The molecule has 0 aliphatic rings. The van der Waals surface area contributed by atoms with Gasteiger partial charge < -0.3 is 14.9 Å². The molecule has 0 aliphatic carbocycles. The second-order valence-corrected chi connectivity index (χ2v) is 5.27. The Morgan fingerprint density at radius 2 is 2.13 bits per heavy atom.